The Morgan fingerprint density at radius 1 is 1.20 bits per heavy atom. The third-order valence-corrected chi connectivity index (χ3v) is 3.45. The van der Waals surface area contributed by atoms with Crippen LogP contribution in [0.2, 0.25) is 0 Å². The molecule has 5 heteroatoms. The summed E-state index contributed by atoms with van der Waals surface area (Å²) in [6.45, 7) is 0. The normalized spacial score (nSPS) is 21.5. The fourth-order valence-electron chi connectivity index (χ4n) is 2.39. The summed E-state index contributed by atoms with van der Waals surface area (Å²) < 4.78 is 5.56. The van der Waals surface area contributed by atoms with Crippen molar-refractivity contribution in [1.29, 1.82) is 0 Å². The summed E-state index contributed by atoms with van der Waals surface area (Å²) in [6.07, 6.45) is 3.99. The number of hydrogen-bond acceptors (Lipinski definition) is 3. The lowest BCUT2D eigenvalue weighted by atomic mass is 9.92. The Balaban J connectivity index is 0.00000200. The van der Waals surface area contributed by atoms with Gasteiger partial charge in [0.2, 0.25) is 0 Å². The van der Waals surface area contributed by atoms with Gasteiger partial charge in [-0.05, 0) is 31.4 Å². The molecule has 0 saturated heterocycles. The number of amides is 1. The molecule has 0 aliphatic heterocycles. The number of halogens is 1. The van der Waals surface area contributed by atoms with E-state index < -0.39 is 0 Å². The highest BCUT2D eigenvalue weighted by Gasteiger charge is 2.28. The van der Waals surface area contributed by atoms with E-state index in [1.807, 2.05) is 30.3 Å². The predicted molar refractivity (Wildman–Crippen MR) is 83.5 cm³/mol. The van der Waals surface area contributed by atoms with Crippen molar-refractivity contribution < 1.29 is 9.53 Å². The van der Waals surface area contributed by atoms with Gasteiger partial charge in [-0.3, -0.25) is 0 Å². The lowest BCUT2D eigenvalue weighted by molar-refractivity contribution is 0.0491. The molecule has 0 heterocycles. The molecular weight excluding hydrogens is 276 g/mol. The molecule has 4 nitrogen and oxygen atoms in total. The van der Waals surface area contributed by atoms with Gasteiger partial charge in [-0.1, -0.05) is 24.6 Å². The van der Waals surface area contributed by atoms with E-state index in [4.69, 9.17) is 4.74 Å². The molecule has 0 bridgehead atoms. The van der Waals surface area contributed by atoms with Crippen molar-refractivity contribution in [2.75, 3.05) is 19.4 Å². The van der Waals surface area contributed by atoms with Gasteiger partial charge in [0.15, 0.2) is 0 Å². The molecule has 0 spiro atoms. The van der Waals surface area contributed by atoms with E-state index in [-0.39, 0.29) is 30.6 Å². The van der Waals surface area contributed by atoms with E-state index in [1.54, 1.807) is 14.1 Å². The summed E-state index contributed by atoms with van der Waals surface area (Å²) in [6, 6.07) is 10.3. The van der Waals surface area contributed by atoms with Crippen LogP contribution in [0.3, 0.4) is 0 Å². The quantitative estimate of drug-likeness (QED) is 0.928. The van der Waals surface area contributed by atoms with Crippen LogP contribution >= 0.6 is 12.4 Å². The van der Waals surface area contributed by atoms with E-state index in [0.29, 0.717) is 0 Å². The lowest BCUT2D eigenvalue weighted by Gasteiger charge is -2.33. The predicted octanol–water partition coefficient (Wildman–Crippen LogP) is 3.53. The van der Waals surface area contributed by atoms with Gasteiger partial charge in [0.05, 0.1) is 6.04 Å². The molecule has 1 aliphatic rings. The molecule has 2 rings (SSSR count). The number of carbonyl (C=O) groups excluding carboxylic acids is 1. The maximum absolute atomic E-state index is 11.7. The largest absolute Gasteiger partial charge is 0.444 e. The second-order valence-electron chi connectivity index (χ2n) is 5.22. The van der Waals surface area contributed by atoms with Crippen molar-refractivity contribution in [3.63, 3.8) is 0 Å². The average Bonchev–Trinajstić information content (AvgIpc) is 2.42. The highest BCUT2D eigenvalue weighted by Crippen LogP contribution is 2.25. The van der Waals surface area contributed by atoms with Gasteiger partial charge in [0.25, 0.3) is 0 Å². The zero-order valence-electron chi connectivity index (χ0n) is 12.0. The molecule has 1 aromatic rings. The van der Waals surface area contributed by atoms with Crippen molar-refractivity contribution in [3.8, 4) is 0 Å². The Morgan fingerprint density at radius 3 is 2.50 bits per heavy atom. The van der Waals surface area contributed by atoms with Gasteiger partial charge in [-0.2, -0.15) is 0 Å². The van der Waals surface area contributed by atoms with E-state index in [9.17, 15) is 4.79 Å². The van der Waals surface area contributed by atoms with Crippen LogP contribution in [-0.4, -0.2) is 37.2 Å². The molecular formula is C15H23ClN2O2. The van der Waals surface area contributed by atoms with Crippen LogP contribution < -0.4 is 5.32 Å². The molecule has 2 atom stereocenters. The van der Waals surface area contributed by atoms with Crippen LogP contribution in [0.1, 0.15) is 25.7 Å². The zero-order valence-corrected chi connectivity index (χ0v) is 12.9. The number of carbonyl (C=O) groups is 1. The number of nitrogens with zero attached hydrogens (tertiary/aromatic N) is 1. The zero-order chi connectivity index (χ0) is 13.7. The topological polar surface area (TPSA) is 41.6 Å². The molecule has 1 saturated carbocycles. The number of ether oxygens (including phenoxy) is 1. The Morgan fingerprint density at radius 2 is 1.85 bits per heavy atom. The molecule has 0 aromatic heterocycles. The number of para-hydroxylation sites is 1. The molecule has 1 aromatic carbocycles. The summed E-state index contributed by atoms with van der Waals surface area (Å²) in [4.78, 5) is 13.2. The molecule has 1 aliphatic carbocycles. The second kappa shape index (κ2) is 8.00. The number of anilines is 1. The Hall–Kier alpha value is -1.42. The van der Waals surface area contributed by atoms with Crippen molar-refractivity contribution >= 4 is 24.2 Å². The van der Waals surface area contributed by atoms with E-state index >= 15 is 0 Å². The Labute approximate surface area is 126 Å². The highest BCUT2D eigenvalue weighted by molar-refractivity contribution is 5.85. The maximum atomic E-state index is 11.7. The van der Waals surface area contributed by atoms with Gasteiger partial charge in [0.1, 0.15) is 6.10 Å². The lowest BCUT2D eigenvalue weighted by Crippen LogP contribution is -2.41. The Kier molecular flexibility index (Phi) is 6.65. The van der Waals surface area contributed by atoms with Gasteiger partial charge < -0.3 is 15.0 Å². The fraction of sp³-hybridized carbons (Fsp3) is 0.533. The van der Waals surface area contributed by atoms with Crippen LogP contribution in [0.15, 0.2) is 30.3 Å². The first-order chi connectivity index (χ1) is 9.16. The third-order valence-electron chi connectivity index (χ3n) is 3.45. The molecule has 1 N–H and O–H groups in total. The molecule has 0 unspecified atom stereocenters. The van der Waals surface area contributed by atoms with Gasteiger partial charge in [-0.25, -0.2) is 4.79 Å². The van der Waals surface area contributed by atoms with Gasteiger partial charge >= 0.3 is 6.09 Å². The average molecular weight is 299 g/mol. The minimum atomic E-state index is -0.258. The number of hydrogen-bond donors (Lipinski definition) is 1. The summed E-state index contributed by atoms with van der Waals surface area (Å²) in [5.41, 5.74) is 1.08. The summed E-state index contributed by atoms with van der Waals surface area (Å²) in [5, 5.41) is 3.48. The molecule has 20 heavy (non-hydrogen) atoms. The first kappa shape index (κ1) is 16.6. The monoisotopic (exact) mass is 298 g/mol. The van der Waals surface area contributed by atoms with E-state index in [2.05, 4.69) is 5.32 Å². The second-order valence-corrected chi connectivity index (χ2v) is 5.22. The van der Waals surface area contributed by atoms with Crippen LogP contribution in [-0.2, 0) is 4.74 Å². The van der Waals surface area contributed by atoms with Gasteiger partial charge in [-0.15, -0.1) is 12.4 Å². The van der Waals surface area contributed by atoms with E-state index in [0.717, 1.165) is 24.9 Å². The maximum Gasteiger partial charge on any atom is 0.409 e. The molecule has 1 amide bonds. The Bertz CT molecular complexity index is 412. The first-order valence-corrected chi connectivity index (χ1v) is 6.86. The van der Waals surface area contributed by atoms with E-state index in [1.165, 1.54) is 11.3 Å². The van der Waals surface area contributed by atoms with Crippen molar-refractivity contribution in [2.24, 2.45) is 0 Å². The summed E-state index contributed by atoms with van der Waals surface area (Å²) in [5.74, 6) is 0. The summed E-state index contributed by atoms with van der Waals surface area (Å²) >= 11 is 0. The number of nitrogens with one attached hydrogen (secondary N) is 1. The smallest absolute Gasteiger partial charge is 0.409 e. The van der Waals surface area contributed by atoms with Crippen LogP contribution in [0.5, 0.6) is 0 Å². The molecule has 112 valence electrons. The highest BCUT2D eigenvalue weighted by atomic mass is 35.5. The fourth-order valence-corrected chi connectivity index (χ4v) is 2.39. The summed E-state index contributed by atoms with van der Waals surface area (Å²) in [7, 11) is 3.43. The minimum absolute atomic E-state index is 0. The number of benzene rings is 1. The molecule has 0 radical (unpaired) electrons. The SMILES string of the molecule is CN(C)C(=O)O[C@H]1CCCC[C@@H]1Nc1ccccc1.Cl. The minimum Gasteiger partial charge on any atom is -0.444 e. The van der Waals surface area contributed by atoms with Crippen LogP contribution in [0.4, 0.5) is 10.5 Å². The van der Waals surface area contributed by atoms with Crippen LogP contribution in [0, 0.1) is 0 Å². The number of rotatable bonds is 3. The van der Waals surface area contributed by atoms with Crippen LogP contribution in [0.25, 0.3) is 0 Å². The molecule has 1 fully saturated rings. The standard InChI is InChI=1S/C15H22N2O2.ClH/c1-17(2)15(18)19-14-11-7-6-10-13(14)16-12-8-4-3-5-9-12;/h3-5,8-9,13-14,16H,6-7,10-11H2,1-2H3;1H/t13-,14-;/m0./s1. The first-order valence-electron chi connectivity index (χ1n) is 6.86. The van der Waals surface area contributed by atoms with Gasteiger partial charge in [0, 0.05) is 19.8 Å². The van der Waals surface area contributed by atoms with Crippen molar-refractivity contribution in [3.05, 3.63) is 30.3 Å². The van der Waals surface area contributed by atoms with Crippen molar-refractivity contribution in [2.45, 2.75) is 37.8 Å². The third kappa shape index (κ3) is 4.60. The van der Waals surface area contributed by atoms with Crippen molar-refractivity contribution in [1.82, 2.24) is 4.90 Å².